The fraction of sp³-hybridized carbons (Fsp3) is 0.0455. The second-order valence-corrected chi connectivity index (χ2v) is 6.30. The molecular formula is C22H17N3O4. The van der Waals surface area contributed by atoms with E-state index >= 15 is 0 Å². The van der Waals surface area contributed by atoms with Crippen molar-refractivity contribution in [3.8, 4) is 22.8 Å². The summed E-state index contributed by atoms with van der Waals surface area (Å²) in [6.45, 7) is 0. The number of nitrogens with one attached hydrogen (secondary N) is 1. The summed E-state index contributed by atoms with van der Waals surface area (Å²) >= 11 is 0. The first kappa shape index (κ1) is 18.2. The van der Waals surface area contributed by atoms with Gasteiger partial charge in [-0.2, -0.15) is 0 Å². The molecule has 0 spiro atoms. The molecule has 29 heavy (non-hydrogen) atoms. The Balaban J connectivity index is 1.51. The Hall–Kier alpha value is -4.13. The summed E-state index contributed by atoms with van der Waals surface area (Å²) in [6.07, 6.45) is 2.94. The standard InChI is InChI=1S/C22H17N3O4/c1-25-13-16(10-11-20(25)26)23-21(27)22-24-19(14-28-22)15-6-5-9-18(12-15)29-17-7-3-2-4-8-17/h2-14H,1H3,(H,23,27). The predicted octanol–water partition coefficient (Wildman–Crippen LogP) is 4.08. The van der Waals surface area contributed by atoms with Gasteiger partial charge in [0, 0.05) is 24.9 Å². The first-order valence-corrected chi connectivity index (χ1v) is 8.85. The van der Waals surface area contributed by atoms with Crippen molar-refractivity contribution in [2.45, 2.75) is 0 Å². The third kappa shape index (κ3) is 4.24. The second-order valence-electron chi connectivity index (χ2n) is 6.30. The zero-order valence-corrected chi connectivity index (χ0v) is 15.5. The van der Waals surface area contributed by atoms with Crippen molar-refractivity contribution in [3.05, 3.63) is 95.4 Å². The van der Waals surface area contributed by atoms with Crippen LogP contribution in [-0.4, -0.2) is 15.5 Å². The summed E-state index contributed by atoms with van der Waals surface area (Å²) in [7, 11) is 1.60. The molecule has 4 aromatic rings. The average Bonchev–Trinajstić information content (AvgIpc) is 3.22. The van der Waals surface area contributed by atoms with Crippen LogP contribution in [0, 0.1) is 0 Å². The van der Waals surface area contributed by atoms with E-state index in [4.69, 9.17) is 9.15 Å². The number of hydrogen-bond donors (Lipinski definition) is 1. The number of nitrogens with zero attached hydrogens (tertiary/aromatic N) is 2. The van der Waals surface area contributed by atoms with E-state index in [0.29, 0.717) is 17.1 Å². The lowest BCUT2D eigenvalue weighted by Gasteiger charge is -2.06. The molecule has 7 heteroatoms. The molecule has 0 aliphatic rings. The lowest BCUT2D eigenvalue weighted by molar-refractivity contribution is 0.0990. The number of benzene rings is 2. The van der Waals surface area contributed by atoms with E-state index in [1.807, 2.05) is 54.6 Å². The highest BCUT2D eigenvalue weighted by Gasteiger charge is 2.15. The summed E-state index contributed by atoms with van der Waals surface area (Å²) in [5.74, 6) is 0.782. The number of carbonyl (C=O) groups is 1. The smallest absolute Gasteiger partial charge is 0.311 e. The maximum Gasteiger partial charge on any atom is 0.311 e. The van der Waals surface area contributed by atoms with Gasteiger partial charge >= 0.3 is 5.91 Å². The summed E-state index contributed by atoms with van der Waals surface area (Å²) in [4.78, 5) is 28.1. The van der Waals surface area contributed by atoms with E-state index in [9.17, 15) is 9.59 Å². The number of anilines is 1. The van der Waals surface area contributed by atoms with Crippen LogP contribution in [0.25, 0.3) is 11.3 Å². The molecule has 0 bridgehead atoms. The molecule has 0 aliphatic carbocycles. The number of amides is 1. The molecule has 2 aromatic carbocycles. The molecule has 2 heterocycles. The Bertz CT molecular complexity index is 1210. The van der Waals surface area contributed by atoms with Crippen LogP contribution in [0.5, 0.6) is 11.5 Å². The zero-order valence-electron chi connectivity index (χ0n) is 15.5. The van der Waals surface area contributed by atoms with Gasteiger partial charge < -0.3 is 19.0 Å². The predicted molar refractivity (Wildman–Crippen MR) is 108 cm³/mol. The lowest BCUT2D eigenvalue weighted by Crippen LogP contribution is -2.18. The van der Waals surface area contributed by atoms with Crippen molar-refractivity contribution in [2.75, 3.05) is 5.32 Å². The van der Waals surface area contributed by atoms with Crippen molar-refractivity contribution >= 4 is 11.6 Å². The van der Waals surface area contributed by atoms with Crippen LogP contribution < -0.4 is 15.6 Å². The summed E-state index contributed by atoms with van der Waals surface area (Å²) in [5.41, 5.74) is 1.56. The number of pyridine rings is 1. The fourth-order valence-corrected chi connectivity index (χ4v) is 2.71. The lowest BCUT2D eigenvalue weighted by atomic mass is 10.1. The number of ether oxygens (including phenoxy) is 1. The molecular weight excluding hydrogens is 370 g/mol. The number of hydrogen-bond acceptors (Lipinski definition) is 5. The van der Waals surface area contributed by atoms with Gasteiger partial charge in [-0.05, 0) is 30.3 Å². The number of aryl methyl sites for hydroxylation is 1. The minimum atomic E-state index is -0.508. The third-order valence-corrected chi connectivity index (χ3v) is 4.15. The zero-order chi connectivity index (χ0) is 20.2. The van der Waals surface area contributed by atoms with Gasteiger partial charge in [0.15, 0.2) is 0 Å². The Morgan fingerprint density at radius 2 is 1.83 bits per heavy atom. The van der Waals surface area contributed by atoms with Gasteiger partial charge in [0.2, 0.25) is 5.56 Å². The molecule has 2 aromatic heterocycles. The largest absolute Gasteiger partial charge is 0.457 e. The van der Waals surface area contributed by atoms with Gasteiger partial charge in [-0.3, -0.25) is 9.59 Å². The van der Waals surface area contributed by atoms with Crippen molar-refractivity contribution in [2.24, 2.45) is 7.05 Å². The molecule has 0 saturated heterocycles. The summed E-state index contributed by atoms with van der Waals surface area (Å²) in [6, 6.07) is 19.7. The number of aromatic nitrogens is 2. The maximum atomic E-state index is 12.4. The third-order valence-electron chi connectivity index (χ3n) is 4.15. The van der Waals surface area contributed by atoms with Gasteiger partial charge in [-0.1, -0.05) is 30.3 Å². The quantitative estimate of drug-likeness (QED) is 0.557. The molecule has 1 amide bonds. The van der Waals surface area contributed by atoms with Gasteiger partial charge in [-0.25, -0.2) is 4.98 Å². The van der Waals surface area contributed by atoms with E-state index < -0.39 is 5.91 Å². The minimum Gasteiger partial charge on any atom is -0.457 e. The van der Waals surface area contributed by atoms with Crippen LogP contribution in [0.1, 0.15) is 10.7 Å². The number of para-hydroxylation sites is 1. The average molecular weight is 387 g/mol. The number of carbonyl (C=O) groups excluding carboxylic acids is 1. The van der Waals surface area contributed by atoms with Crippen LogP contribution in [0.4, 0.5) is 5.69 Å². The Labute approximate surface area is 166 Å². The first-order valence-electron chi connectivity index (χ1n) is 8.85. The summed E-state index contributed by atoms with van der Waals surface area (Å²) < 4.78 is 12.5. The van der Waals surface area contributed by atoms with E-state index in [1.165, 1.54) is 29.2 Å². The van der Waals surface area contributed by atoms with E-state index in [-0.39, 0.29) is 11.4 Å². The molecule has 0 aliphatic heterocycles. The Morgan fingerprint density at radius 1 is 1.03 bits per heavy atom. The molecule has 144 valence electrons. The van der Waals surface area contributed by atoms with Crippen molar-refractivity contribution in [3.63, 3.8) is 0 Å². The maximum absolute atomic E-state index is 12.4. The van der Waals surface area contributed by atoms with E-state index in [1.54, 1.807) is 7.05 Å². The van der Waals surface area contributed by atoms with Crippen molar-refractivity contribution < 1.29 is 13.9 Å². The molecule has 0 unspecified atom stereocenters. The van der Waals surface area contributed by atoms with Gasteiger partial charge in [-0.15, -0.1) is 0 Å². The highest BCUT2D eigenvalue weighted by Crippen LogP contribution is 2.27. The summed E-state index contributed by atoms with van der Waals surface area (Å²) in [5, 5.41) is 2.66. The Kier molecular flexibility index (Phi) is 4.94. The van der Waals surface area contributed by atoms with Crippen molar-refractivity contribution in [1.82, 2.24) is 9.55 Å². The van der Waals surface area contributed by atoms with Crippen LogP contribution in [0.15, 0.2) is 88.4 Å². The van der Waals surface area contributed by atoms with Gasteiger partial charge in [0.1, 0.15) is 23.5 Å². The SMILES string of the molecule is Cn1cc(NC(=O)c2nc(-c3cccc(Oc4ccccc4)c3)co2)ccc1=O. The molecule has 7 nitrogen and oxygen atoms in total. The van der Waals surface area contributed by atoms with Gasteiger partial charge in [0.05, 0.1) is 5.69 Å². The highest BCUT2D eigenvalue weighted by atomic mass is 16.5. The topological polar surface area (TPSA) is 86.4 Å². The van der Waals surface area contributed by atoms with Gasteiger partial charge in [0.25, 0.3) is 5.89 Å². The molecule has 0 saturated carbocycles. The van der Waals surface area contributed by atoms with Crippen molar-refractivity contribution in [1.29, 1.82) is 0 Å². The number of rotatable bonds is 5. The van der Waals surface area contributed by atoms with Crippen LogP contribution in [0.2, 0.25) is 0 Å². The first-order chi connectivity index (χ1) is 14.1. The molecule has 0 radical (unpaired) electrons. The molecule has 0 atom stereocenters. The fourth-order valence-electron chi connectivity index (χ4n) is 2.71. The second kappa shape index (κ2) is 7.85. The van der Waals surface area contributed by atoms with E-state index in [2.05, 4.69) is 10.3 Å². The Morgan fingerprint density at radius 3 is 2.62 bits per heavy atom. The monoisotopic (exact) mass is 387 g/mol. The number of oxazole rings is 1. The van der Waals surface area contributed by atoms with Crippen LogP contribution in [-0.2, 0) is 7.05 Å². The molecule has 0 fully saturated rings. The molecule has 4 rings (SSSR count). The minimum absolute atomic E-state index is 0.0803. The van der Waals surface area contributed by atoms with Crippen LogP contribution >= 0.6 is 0 Å². The highest BCUT2D eigenvalue weighted by molar-refractivity contribution is 6.01. The van der Waals surface area contributed by atoms with Crippen LogP contribution in [0.3, 0.4) is 0 Å². The molecule has 1 N–H and O–H groups in total. The normalized spacial score (nSPS) is 10.5. The van der Waals surface area contributed by atoms with E-state index in [0.717, 1.165) is 11.3 Å².